The Labute approximate surface area is 158 Å². The maximum absolute atomic E-state index is 13.0. The molecule has 5 nitrogen and oxygen atoms in total. The molecule has 1 atom stereocenters. The van der Waals surface area contributed by atoms with E-state index in [9.17, 15) is 4.79 Å². The number of rotatable bonds is 6. The predicted molar refractivity (Wildman–Crippen MR) is 103 cm³/mol. The number of hydrogen-bond acceptors (Lipinski definition) is 4. The van der Waals surface area contributed by atoms with E-state index in [4.69, 9.17) is 4.42 Å². The van der Waals surface area contributed by atoms with Crippen LogP contribution in [0.5, 0.6) is 0 Å². The quantitative estimate of drug-likeness (QED) is 0.710. The van der Waals surface area contributed by atoms with Gasteiger partial charge in [-0.15, -0.1) is 10.2 Å². The van der Waals surface area contributed by atoms with Crippen molar-refractivity contribution in [2.24, 2.45) is 5.92 Å². The molecule has 1 fully saturated rings. The lowest BCUT2D eigenvalue weighted by Crippen LogP contribution is -2.32. The summed E-state index contributed by atoms with van der Waals surface area (Å²) in [5.41, 5.74) is 1.95. The third kappa shape index (κ3) is 4.08. The summed E-state index contributed by atoms with van der Waals surface area (Å²) in [4.78, 5) is 13.0. The van der Waals surface area contributed by atoms with Crippen molar-refractivity contribution in [2.45, 2.75) is 38.1 Å². The van der Waals surface area contributed by atoms with E-state index in [0.29, 0.717) is 17.7 Å². The number of nitrogens with one attached hydrogen (secondary N) is 1. The first-order valence-corrected chi connectivity index (χ1v) is 9.52. The van der Waals surface area contributed by atoms with Crippen LogP contribution in [-0.2, 0) is 11.3 Å². The zero-order valence-electron chi connectivity index (χ0n) is 15.2. The highest BCUT2D eigenvalue weighted by atomic mass is 16.4. The standard InChI is InChI=1S/C22H23N3O2/c26-21(20(17-11-7-8-12-17)16-9-3-1-4-10-16)23-15-19-24-25-22(27-19)18-13-5-2-6-14-18/h1-6,9-10,13-14,17,20H,7-8,11-12,15H2,(H,23,26)/t20-/m0/s1. The molecule has 1 N–H and O–H groups in total. The Morgan fingerprint density at radius 2 is 1.67 bits per heavy atom. The van der Waals surface area contributed by atoms with E-state index in [1.165, 1.54) is 12.8 Å². The minimum absolute atomic E-state index is 0.0348. The van der Waals surface area contributed by atoms with Crippen molar-refractivity contribution >= 4 is 5.91 Å². The van der Waals surface area contributed by atoms with Crippen LogP contribution in [-0.4, -0.2) is 16.1 Å². The maximum Gasteiger partial charge on any atom is 0.247 e. The lowest BCUT2D eigenvalue weighted by molar-refractivity contribution is -0.124. The Kier molecular flexibility index (Phi) is 5.28. The van der Waals surface area contributed by atoms with Gasteiger partial charge >= 0.3 is 0 Å². The minimum Gasteiger partial charge on any atom is -0.419 e. The minimum atomic E-state index is -0.120. The summed E-state index contributed by atoms with van der Waals surface area (Å²) in [5.74, 6) is 1.20. The zero-order valence-corrected chi connectivity index (χ0v) is 15.2. The fourth-order valence-corrected chi connectivity index (χ4v) is 3.88. The smallest absolute Gasteiger partial charge is 0.247 e. The van der Waals surface area contributed by atoms with Gasteiger partial charge < -0.3 is 9.73 Å². The zero-order chi connectivity index (χ0) is 18.5. The molecule has 5 heteroatoms. The van der Waals surface area contributed by atoms with Crippen LogP contribution in [0.2, 0.25) is 0 Å². The molecule has 4 rings (SSSR count). The highest BCUT2D eigenvalue weighted by Gasteiger charge is 2.31. The summed E-state index contributed by atoms with van der Waals surface area (Å²) >= 11 is 0. The van der Waals surface area contributed by atoms with Gasteiger partial charge in [-0.05, 0) is 36.5 Å². The van der Waals surface area contributed by atoms with Gasteiger partial charge in [-0.25, -0.2) is 0 Å². The third-order valence-electron chi connectivity index (χ3n) is 5.21. The molecule has 1 aliphatic rings. The van der Waals surface area contributed by atoms with Gasteiger partial charge in [0.05, 0.1) is 12.5 Å². The number of hydrogen-bond donors (Lipinski definition) is 1. The molecule has 0 saturated heterocycles. The van der Waals surface area contributed by atoms with Gasteiger partial charge in [0, 0.05) is 5.56 Å². The molecule has 1 saturated carbocycles. The molecule has 3 aromatic rings. The molecule has 0 spiro atoms. The van der Waals surface area contributed by atoms with E-state index >= 15 is 0 Å². The van der Waals surface area contributed by atoms with Crippen LogP contribution in [0.1, 0.15) is 43.1 Å². The topological polar surface area (TPSA) is 68.0 Å². The summed E-state index contributed by atoms with van der Waals surface area (Å²) in [6, 6.07) is 19.7. The Balaban J connectivity index is 1.45. The van der Waals surface area contributed by atoms with Crippen LogP contribution in [0.3, 0.4) is 0 Å². The van der Waals surface area contributed by atoms with Gasteiger partial charge in [0.2, 0.25) is 17.7 Å². The normalized spacial score (nSPS) is 15.6. The molecule has 2 aromatic carbocycles. The van der Waals surface area contributed by atoms with E-state index in [2.05, 4.69) is 15.5 Å². The molecule has 1 heterocycles. The molecule has 138 valence electrons. The van der Waals surface area contributed by atoms with Gasteiger partial charge in [-0.3, -0.25) is 4.79 Å². The average Bonchev–Trinajstić information content (AvgIpc) is 3.41. The van der Waals surface area contributed by atoms with Crippen molar-refractivity contribution in [3.05, 3.63) is 72.1 Å². The number of carbonyl (C=O) groups is 1. The lowest BCUT2D eigenvalue weighted by atomic mass is 9.84. The first-order valence-electron chi connectivity index (χ1n) is 9.52. The van der Waals surface area contributed by atoms with E-state index in [1.54, 1.807) is 0 Å². The molecule has 0 bridgehead atoms. The van der Waals surface area contributed by atoms with E-state index in [-0.39, 0.29) is 18.4 Å². The second-order valence-corrected chi connectivity index (χ2v) is 7.02. The fraction of sp³-hybridized carbons (Fsp3) is 0.318. The Bertz CT molecular complexity index is 871. The molecule has 1 aromatic heterocycles. The van der Waals surface area contributed by atoms with Gasteiger partial charge in [-0.2, -0.15) is 0 Å². The number of aromatic nitrogens is 2. The van der Waals surface area contributed by atoms with Crippen molar-refractivity contribution < 1.29 is 9.21 Å². The predicted octanol–water partition coefficient (Wildman–Crippen LogP) is 4.33. The monoisotopic (exact) mass is 361 g/mol. The van der Waals surface area contributed by atoms with Gasteiger partial charge in [0.25, 0.3) is 0 Å². The average molecular weight is 361 g/mol. The molecule has 0 aliphatic heterocycles. The maximum atomic E-state index is 13.0. The largest absolute Gasteiger partial charge is 0.419 e. The van der Waals surface area contributed by atoms with Crippen LogP contribution >= 0.6 is 0 Å². The van der Waals surface area contributed by atoms with Crippen LogP contribution < -0.4 is 5.32 Å². The second kappa shape index (κ2) is 8.16. The number of carbonyl (C=O) groups excluding carboxylic acids is 1. The van der Waals surface area contributed by atoms with E-state index in [0.717, 1.165) is 24.0 Å². The molecule has 1 aliphatic carbocycles. The molecule has 0 radical (unpaired) electrons. The molecular weight excluding hydrogens is 338 g/mol. The van der Waals surface area contributed by atoms with Gasteiger partial charge in [0.1, 0.15) is 0 Å². The number of nitrogens with zero attached hydrogens (tertiary/aromatic N) is 2. The molecule has 1 amide bonds. The SMILES string of the molecule is O=C(NCc1nnc(-c2ccccc2)o1)[C@@H](c1ccccc1)C1CCCC1. The first kappa shape index (κ1) is 17.5. The summed E-state index contributed by atoms with van der Waals surface area (Å²) in [6.07, 6.45) is 4.61. The van der Waals surface area contributed by atoms with E-state index in [1.807, 2.05) is 60.7 Å². The number of benzene rings is 2. The Hall–Kier alpha value is -2.95. The highest BCUT2D eigenvalue weighted by molar-refractivity contribution is 5.84. The Morgan fingerprint density at radius 3 is 2.37 bits per heavy atom. The van der Waals surface area contributed by atoms with Gasteiger partial charge in [0.15, 0.2) is 0 Å². The third-order valence-corrected chi connectivity index (χ3v) is 5.21. The van der Waals surface area contributed by atoms with Gasteiger partial charge in [-0.1, -0.05) is 61.4 Å². The molecular formula is C22H23N3O2. The lowest BCUT2D eigenvalue weighted by Gasteiger charge is -2.22. The first-order chi connectivity index (χ1) is 13.3. The summed E-state index contributed by atoms with van der Waals surface area (Å²) in [7, 11) is 0. The van der Waals surface area contributed by atoms with Crippen molar-refractivity contribution in [3.8, 4) is 11.5 Å². The summed E-state index contributed by atoms with van der Waals surface area (Å²) in [5, 5.41) is 11.1. The molecule has 27 heavy (non-hydrogen) atoms. The number of amides is 1. The van der Waals surface area contributed by atoms with Crippen LogP contribution in [0.15, 0.2) is 65.1 Å². The Morgan fingerprint density at radius 1 is 1.00 bits per heavy atom. The van der Waals surface area contributed by atoms with Crippen molar-refractivity contribution in [1.29, 1.82) is 0 Å². The molecule has 0 unspecified atom stereocenters. The van der Waals surface area contributed by atoms with Crippen molar-refractivity contribution in [1.82, 2.24) is 15.5 Å². The van der Waals surface area contributed by atoms with Crippen LogP contribution in [0.25, 0.3) is 11.5 Å². The summed E-state index contributed by atoms with van der Waals surface area (Å²) < 4.78 is 5.69. The second-order valence-electron chi connectivity index (χ2n) is 7.02. The van der Waals surface area contributed by atoms with E-state index < -0.39 is 0 Å². The highest BCUT2D eigenvalue weighted by Crippen LogP contribution is 2.37. The summed E-state index contributed by atoms with van der Waals surface area (Å²) in [6.45, 7) is 0.245. The fourth-order valence-electron chi connectivity index (χ4n) is 3.88. The van der Waals surface area contributed by atoms with Crippen LogP contribution in [0, 0.1) is 5.92 Å². The van der Waals surface area contributed by atoms with Crippen molar-refractivity contribution in [2.75, 3.05) is 0 Å². The van der Waals surface area contributed by atoms with Crippen LogP contribution in [0.4, 0.5) is 0 Å². The van der Waals surface area contributed by atoms with Crippen molar-refractivity contribution in [3.63, 3.8) is 0 Å².